The molecule has 0 spiro atoms. The number of rotatable bonds is 2. The molecule has 0 aliphatic rings. The van der Waals surface area contributed by atoms with Gasteiger partial charge < -0.3 is 14.8 Å². The van der Waals surface area contributed by atoms with Crippen LogP contribution in [-0.2, 0) is 16.0 Å². The number of amides is 2. The van der Waals surface area contributed by atoms with Gasteiger partial charge in [0.1, 0.15) is 5.60 Å². The lowest BCUT2D eigenvalue weighted by atomic mass is 10.1. The van der Waals surface area contributed by atoms with Crippen LogP contribution in [0.15, 0.2) is 47.5 Å². The molecule has 7 heteroatoms. The Morgan fingerprint density at radius 1 is 1.04 bits per heavy atom. The number of amidine groups is 1. The Bertz CT molecular complexity index is 820. The number of carbonyl (C=O) groups excluding carboxylic acids is 2. The molecule has 7 nitrogen and oxygen atoms in total. The number of carbonyl (C=O) groups is 2. The summed E-state index contributed by atoms with van der Waals surface area (Å²) in [5.74, 6) is 0. The van der Waals surface area contributed by atoms with E-state index in [0.717, 1.165) is 16.3 Å². The number of alkyl carbamates (subject to hydrolysis) is 2. The smallest absolute Gasteiger partial charge is 0.415 e. The van der Waals surface area contributed by atoms with Crippen molar-refractivity contribution < 1.29 is 19.1 Å². The first-order chi connectivity index (χ1) is 12.3. The SMILES string of the molecule is CNC(=O)OC(=NCc1cccc2ccccc12)NC(=O)OC(C)(C)C. The van der Waals surface area contributed by atoms with Gasteiger partial charge in [0.2, 0.25) is 0 Å². The molecule has 2 amide bonds. The highest BCUT2D eigenvalue weighted by atomic mass is 16.6. The molecule has 2 rings (SSSR count). The summed E-state index contributed by atoms with van der Waals surface area (Å²) in [5, 5.41) is 6.79. The zero-order valence-electron chi connectivity index (χ0n) is 15.3. The predicted molar refractivity (Wildman–Crippen MR) is 100.0 cm³/mol. The molecule has 0 heterocycles. The van der Waals surface area contributed by atoms with Crippen LogP contribution in [-0.4, -0.2) is 30.9 Å². The topological polar surface area (TPSA) is 89.0 Å². The second kappa shape index (κ2) is 8.33. The fourth-order valence-corrected chi connectivity index (χ4v) is 2.21. The number of aliphatic imine (C=N–C) groups is 1. The molecule has 2 N–H and O–H groups in total. The fraction of sp³-hybridized carbons (Fsp3) is 0.316. The van der Waals surface area contributed by atoms with Crippen molar-refractivity contribution in [1.29, 1.82) is 0 Å². The Morgan fingerprint density at radius 3 is 2.42 bits per heavy atom. The second-order valence-corrected chi connectivity index (χ2v) is 6.53. The van der Waals surface area contributed by atoms with Gasteiger partial charge in [-0.05, 0) is 37.1 Å². The van der Waals surface area contributed by atoms with Gasteiger partial charge in [-0.2, -0.15) is 0 Å². The van der Waals surface area contributed by atoms with Crippen molar-refractivity contribution in [3.8, 4) is 0 Å². The van der Waals surface area contributed by atoms with Crippen LogP contribution in [0.1, 0.15) is 26.3 Å². The normalized spacial score (nSPS) is 11.8. The van der Waals surface area contributed by atoms with Gasteiger partial charge in [0.15, 0.2) is 0 Å². The number of hydrogen-bond donors (Lipinski definition) is 2. The molecule has 138 valence electrons. The van der Waals surface area contributed by atoms with Crippen molar-refractivity contribution in [1.82, 2.24) is 10.6 Å². The summed E-state index contributed by atoms with van der Waals surface area (Å²) in [4.78, 5) is 27.7. The third-order valence-corrected chi connectivity index (χ3v) is 3.27. The first-order valence-electron chi connectivity index (χ1n) is 8.19. The van der Waals surface area contributed by atoms with E-state index in [9.17, 15) is 9.59 Å². The van der Waals surface area contributed by atoms with E-state index in [0.29, 0.717) is 0 Å². The quantitative estimate of drug-likeness (QED) is 0.635. The van der Waals surface area contributed by atoms with E-state index in [-0.39, 0.29) is 12.6 Å². The van der Waals surface area contributed by atoms with Gasteiger partial charge in [-0.3, -0.25) is 0 Å². The maximum atomic E-state index is 11.9. The van der Waals surface area contributed by atoms with Crippen molar-refractivity contribution in [2.24, 2.45) is 4.99 Å². The Balaban J connectivity index is 2.20. The zero-order chi connectivity index (χ0) is 19.2. The zero-order valence-corrected chi connectivity index (χ0v) is 15.3. The Hall–Kier alpha value is -3.09. The lowest BCUT2D eigenvalue weighted by Crippen LogP contribution is -2.39. The number of fused-ring (bicyclic) bond motifs is 1. The maximum Gasteiger partial charge on any atom is 0.415 e. The summed E-state index contributed by atoms with van der Waals surface area (Å²) in [5.41, 5.74) is 0.254. The monoisotopic (exact) mass is 357 g/mol. The highest BCUT2D eigenvalue weighted by Gasteiger charge is 2.19. The highest BCUT2D eigenvalue weighted by Crippen LogP contribution is 2.19. The van der Waals surface area contributed by atoms with Crippen molar-refractivity contribution in [3.05, 3.63) is 48.0 Å². The minimum Gasteiger partial charge on any atom is -0.443 e. The molecule has 0 radical (unpaired) electrons. The third kappa shape index (κ3) is 5.77. The number of ether oxygens (including phenoxy) is 2. The van der Waals surface area contributed by atoms with Gasteiger partial charge in [-0.1, -0.05) is 42.5 Å². The van der Waals surface area contributed by atoms with Crippen molar-refractivity contribution in [3.63, 3.8) is 0 Å². The van der Waals surface area contributed by atoms with Gasteiger partial charge in [-0.15, -0.1) is 0 Å². The van der Waals surface area contributed by atoms with Crippen LogP contribution >= 0.6 is 0 Å². The third-order valence-electron chi connectivity index (χ3n) is 3.27. The maximum absolute atomic E-state index is 11.9. The summed E-state index contributed by atoms with van der Waals surface area (Å²) in [6, 6.07) is 13.5. The molecule has 0 saturated heterocycles. The van der Waals surface area contributed by atoms with Gasteiger partial charge in [0.25, 0.3) is 0 Å². The van der Waals surface area contributed by atoms with E-state index in [4.69, 9.17) is 9.47 Å². The molecule has 0 saturated carbocycles. The summed E-state index contributed by atoms with van der Waals surface area (Å²) >= 11 is 0. The first kappa shape index (κ1) is 19.2. The van der Waals surface area contributed by atoms with Crippen LogP contribution in [0.25, 0.3) is 10.8 Å². The van der Waals surface area contributed by atoms with Crippen molar-refractivity contribution >= 4 is 29.0 Å². The summed E-state index contributed by atoms with van der Waals surface area (Å²) in [7, 11) is 1.41. The minimum atomic E-state index is -0.752. The average molecular weight is 357 g/mol. The standard InChI is InChI=1S/C19H23N3O4/c1-19(2,3)26-18(24)22-16(25-17(23)20-4)21-12-14-10-7-9-13-8-5-6-11-15(13)14/h5-11H,12H2,1-4H3,(H,20,23)(H,21,22,24). The fourth-order valence-electron chi connectivity index (χ4n) is 2.21. The highest BCUT2D eigenvalue weighted by molar-refractivity contribution is 5.96. The Morgan fingerprint density at radius 2 is 1.73 bits per heavy atom. The molecular formula is C19H23N3O4. The van der Waals surface area contributed by atoms with E-state index in [1.54, 1.807) is 20.8 Å². The van der Waals surface area contributed by atoms with Crippen molar-refractivity contribution in [2.45, 2.75) is 32.9 Å². The van der Waals surface area contributed by atoms with E-state index in [2.05, 4.69) is 15.6 Å². The summed E-state index contributed by atoms with van der Waals surface area (Å²) in [6.07, 6.45) is -1.49. The van der Waals surface area contributed by atoms with Gasteiger partial charge >= 0.3 is 18.2 Å². The molecule has 0 unspecified atom stereocenters. The number of nitrogens with zero attached hydrogens (tertiary/aromatic N) is 1. The molecule has 0 aromatic heterocycles. The van der Waals surface area contributed by atoms with Crippen LogP contribution in [0.5, 0.6) is 0 Å². The average Bonchev–Trinajstić information content (AvgIpc) is 2.57. The summed E-state index contributed by atoms with van der Waals surface area (Å²) < 4.78 is 10.2. The van der Waals surface area contributed by atoms with Crippen LogP contribution in [0.4, 0.5) is 9.59 Å². The van der Waals surface area contributed by atoms with Crippen LogP contribution in [0.3, 0.4) is 0 Å². The first-order valence-corrected chi connectivity index (χ1v) is 8.19. The van der Waals surface area contributed by atoms with Gasteiger partial charge in [0, 0.05) is 7.05 Å². The molecule has 0 atom stereocenters. The van der Waals surface area contributed by atoms with Crippen molar-refractivity contribution in [2.75, 3.05) is 7.05 Å². The summed E-state index contributed by atoms with van der Waals surface area (Å²) in [6.45, 7) is 5.43. The lowest BCUT2D eigenvalue weighted by molar-refractivity contribution is 0.0553. The van der Waals surface area contributed by atoms with E-state index < -0.39 is 17.8 Å². The number of nitrogens with one attached hydrogen (secondary N) is 2. The van der Waals surface area contributed by atoms with E-state index in [1.807, 2.05) is 42.5 Å². The van der Waals surface area contributed by atoms with Gasteiger partial charge in [0.05, 0.1) is 6.54 Å². The molecule has 0 fully saturated rings. The molecule has 0 bridgehead atoms. The largest absolute Gasteiger partial charge is 0.443 e. The molecule has 2 aromatic rings. The molecule has 0 aliphatic heterocycles. The predicted octanol–water partition coefficient (Wildman–Crippen LogP) is 3.58. The molecular weight excluding hydrogens is 334 g/mol. The number of benzene rings is 2. The van der Waals surface area contributed by atoms with E-state index in [1.165, 1.54) is 7.05 Å². The van der Waals surface area contributed by atoms with Crippen LogP contribution < -0.4 is 10.6 Å². The second-order valence-electron chi connectivity index (χ2n) is 6.53. The Kier molecular flexibility index (Phi) is 6.16. The molecule has 0 aliphatic carbocycles. The number of hydrogen-bond acceptors (Lipinski definition) is 5. The van der Waals surface area contributed by atoms with Crippen LogP contribution in [0.2, 0.25) is 0 Å². The minimum absolute atomic E-state index is 0.226. The molecule has 26 heavy (non-hydrogen) atoms. The molecule has 2 aromatic carbocycles. The van der Waals surface area contributed by atoms with E-state index >= 15 is 0 Å². The Labute approximate surface area is 152 Å². The van der Waals surface area contributed by atoms with Gasteiger partial charge in [-0.25, -0.2) is 19.9 Å². The van der Waals surface area contributed by atoms with Crippen LogP contribution in [0, 0.1) is 0 Å². The lowest BCUT2D eigenvalue weighted by Gasteiger charge is -2.19.